The highest BCUT2D eigenvalue weighted by Gasteiger charge is 2.45. The van der Waals surface area contributed by atoms with Crippen molar-refractivity contribution in [1.29, 1.82) is 0 Å². The van der Waals surface area contributed by atoms with Crippen molar-refractivity contribution in [2.45, 2.75) is 32.0 Å². The third-order valence-electron chi connectivity index (χ3n) is 5.65. The number of benzene rings is 1. The van der Waals surface area contributed by atoms with Crippen molar-refractivity contribution >= 4 is 0 Å². The zero-order valence-electron chi connectivity index (χ0n) is 17.5. The molecule has 3 aromatic rings. The molecule has 0 bridgehead atoms. The van der Waals surface area contributed by atoms with E-state index in [1.165, 1.54) is 0 Å². The molecule has 0 radical (unpaired) electrons. The topological polar surface area (TPSA) is 83.2 Å². The first-order valence-corrected chi connectivity index (χ1v) is 9.68. The van der Waals surface area contributed by atoms with E-state index in [0.717, 1.165) is 16.7 Å². The average molecular weight is 411 g/mol. The summed E-state index contributed by atoms with van der Waals surface area (Å²) in [6, 6.07) is 7.58. The van der Waals surface area contributed by atoms with Crippen LogP contribution in [-0.4, -0.2) is 31.4 Å². The normalized spacial score (nSPS) is 17.6. The van der Waals surface area contributed by atoms with Gasteiger partial charge in [-0.1, -0.05) is 0 Å². The highest BCUT2D eigenvalue weighted by molar-refractivity contribution is 5.54. The molecule has 0 saturated carbocycles. The van der Waals surface area contributed by atoms with E-state index in [2.05, 4.69) is 4.98 Å². The summed E-state index contributed by atoms with van der Waals surface area (Å²) in [6.07, 6.45) is 4.62. The van der Waals surface area contributed by atoms with Gasteiger partial charge in [-0.15, -0.1) is 0 Å². The second-order valence-electron chi connectivity index (χ2n) is 7.21. The molecule has 4 rings (SSSR count). The maximum atomic E-state index is 10.5. The molecule has 1 aliphatic heterocycles. The van der Waals surface area contributed by atoms with Gasteiger partial charge in [0.25, 0.3) is 0 Å². The Bertz CT molecular complexity index is 1020. The first kappa shape index (κ1) is 20.1. The summed E-state index contributed by atoms with van der Waals surface area (Å²) in [5, 5.41) is 10.5. The standard InChI is InChI=1S/C23H25NO6/c1-14-21(25)16-13-30-23(17(16)12-24-14,20-6-5-9-29-20)8-7-15-10-18(26-2)22(28-4)19(11-15)27-3/h5-6,9-12,25H,7-8,13H2,1-4H3. The van der Waals surface area contributed by atoms with E-state index in [4.69, 9.17) is 23.4 Å². The zero-order chi connectivity index (χ0) is 21.3. The van der Waals surface area contributed by atoms with Gasteiger partial charge in [0.2, 0.25) is 5.75 Å². The monoisotopic (exact) mass is 411 g/mol. The number of methoxy groups -OCH3 is 3. The van der Waals surface area contributed by atoms with Gasteiger partial charge < -0.3 is 28.5 Å². The smallest absolute Gasteiger partial charge is 0.203 e. The summed E-state index contributed by atoms with van der Waals surface area (Å²) in [4.78, 5) is 4.36. The number of hydrogen-bond acceptors (Lipinski definition) is 7. The van der Waals surface area contributed by atoms with Crippen molar-refractivity contribution in [3.63, 3.8) is 0 Å². The van der Waals surface area contributed by atoms with E-state index in [9.17, 15) is 5.11 Å². The summed E-state index contributed by atoms with van der Waals surface area (Å²) in [5.41, 5.74) is 2.32. The lowest BCUT2D eigenvalue weighted by Crippen LogP contribution is -2.27. The summed E-state index contributed by atoms with van der Waals surface area (Å²) < 4.78 is 28.4. The van der Waals surface area contributed by atoms with E-state index in [1.807, 2.05) is 24.3 Å². The van der Waals surface area contributed by atoms with Gasteiger partial charge in [-0.2, -0.15) is 0 Å². The molecule has 2 aromatic heterocycles. The minimum atomic E-state index is -0.836. The summed E-state index contributed by atoms with van der Waals surface area (Å²) >= 11 is 0. The fraction of sp³-hybridized carbons (Fsp3) is 0.348. The molecule has 0 fully saturated rings. The lowest BCUT2D eigenvalue weighted by atomic mass is 9.85. The molecule has 30 heavy (non-hydrogen) atoms. The summed E-state index contributed by atoms with van der Waals surface area (Å²) in [5.74, 6) is 2.60. The van der Waals surface area contributed by atoms with Gasteiger partial charge in [-0.05, 0) is 49.6 Å². The number of aryl methyl sites for hydroxylation is 2. The van der Waals surface area contributed by atoms with Crippen LogP contribution in [0.3, 0.4) is 0 Å². The van der Waals surface area contributed by atoms with Crippen LogP contribution in [0.25, 0.3) is 0 Å². The van der Waals surface area contributed by atoms with Crippen LogP contribution < -0.4 is 14.2 Å². The van der Waals surface area contributed by atoms with Crippen LogP contribution in [0.4, 0.5) is 0 Å². The number of hydrogen-bond donors (Lipinski definition) is 1. The summed E-state index contributed by atoms with van der Waals surface area (Å²) in [7, 11) is 4.77. The molecule has 1 atom stereocenters. The molecule has 1 unspecified atom stereocenters. The second-order valence-corrected chi connectivity index (χ2v) is 7.21. The first-order chi connectivity index (χ1) is 14.5. The molecule has 1 N–H and O–H groups in total. The van der Waals surface area contributed by atoms with Gasteiger partial charge in [0.1, 0.15) is 11.5 Å². The highest BCUT2D eigenvalue weighted by Crippen LogP contribution is 2.48. The number of aromatic nitrogens is 1. The van der Waals surface area contributed by atoms with E-state index in [1.54, 1.807) is 40.7 Å². The van der Waals surface area contributed by atoms with Gasteiger partial charge in [0, 0.05) is 17.3 Å². The minimum Gasteiger partial charge on any atom is -0.506 e. The molecule has 0 saturated heterocycles. The lowest BCUT2D eigenvalue weighted by molar-refractivity contribution is -0.0268. The van der Waals surface area contributed by atoms with Gasteiger partial charge >= 0.3 is 0 Å². The second kappa shape index (κ2) is 7.91. The number of furan rings is 1. The largest absolute Gasteiger partial charge is 0.506 e. The Kier molecular flexibility index (Phi) is 5.30. The van der Waals surface area contributed by atoms with Crippen molar-refractivity contribution < 1.29 is 28.5 Å². The predicted octanol–water partition coefficient (Wildman–Crippen LogP) is 4.12. The number of nitrogens with zero attached hydrogens (tertiary/aromatic N) is 1. The van der Waals surface area contributed by atoms with Crippen molar-refractivity contribution in [1.82, 2.24) is 4.98 Å². The molecule has 1 aliphatic rings. The Morgan fingerprint density at radius 3 is 2.47 bits per heavy atom. The third-order valence-corrected chi connectivity index (χ3v) is 5.65. The molecular weight excluding hydrogens is 386 g/mol. The number of rotatable bonds is 7. The fourth-order valence-corrected chi connectivity index (χ4v) is 4.06. The van der Waals surface area contributed by atoms with Crippen LogP contribution in [-0.2, 0) is 23.4 Å². The molecule has 7 heteroatoms. The van der Waals surface area contributed by atoms with Crippen molar-refractivity contribution in [2.75, 3.05) is 21.3 Å². The molecule has 1 aromatic carbocycles. The number of fused-ring (bicyclic) bond motifs is 1. The zero-order valence-corrected chi connectivity index (χ0v) is 17.5. The molecule has 7 nitrogen and oxygen atoms in total. The van der Waals surface area contributed by atoms with E-state index >= 15 is 0 Å². The summed E-state index contributed by atoms with van der Waals surface area (Å²) in [6.45, 7) is 2.07. The Hall–Kier alpha value is -3.19. The maximum Gasteiger partial charge on any atom is 0.203 e. The molecule has 158 valence electrons. The Morgan fingerprint density at radius 1 is 1.13 bits per heavy atom. The van der Waals surface area contributed by atoms with Crippen LogP contribution in [0.2, 0.25) is 0 Å². The molecular formula is C23H25NO6. The molecule has 0 aliphatic carbocycles. The van der Waals surface area contributed by atoms with Crippen LogP contribution >= 0.6 is 0 Å². The minimum absolute atomic E-state index is 0.175. The highest BCUT2D eigenvalue weighted by atomic mass is 16.5. The van der Waals surface area contributed by atoms with E-state index in [0.29, 0.717) is 48.2 Å². The quantitative estimate of drug-likeness (QED) is 0.626. The van der Waals surface area contributed by atoms with Crippen LogP contribution in [0.1, 0.15) is 34.6 Å². The Balaban J connectivity index is 1.73. The lowest BCUT2D eigenvalue weighted by Gasteiger charge is -2.27. The van der Waals surface area contributed by atoms with Crippen LogP contribution in [0, 0.1) is 6.92 Å². The van der Waals surface area contributed by atoms with Gasteiger partial charge in [-0.25, -0.2) is 0 Å². The first-order valence-electron chi connectivity index (χ1n) is 9.68. The Labute approximate surface area is 175 Å². The number of pyridine rings is 1. The van der Waals surface area contributed by atoms with Crippen LogP contribution in [0.5, 0.6) is 23.0 Å². The van der Waals surface area contributed by atoms with Crippen LogP contribution in [0.15, 0.2) is 41.1 Å². The SMILES string of the molecule is COc1cc(CCC2(c3ccco3)OCc3c2cnc(C)c3O)cc(OC)c1OC. The number of aromatic hydroxyl groups is 1. The molecule has 0 spiro atoms. The van der Waals surface area contributed by atoms with E-state index < -0.39 is 5.60 Å². The Morgan fingerprint density at radius 2 is 1.87 bits per heavy atom. The van der Waals surface area contributed by atoms with Crippen molar-refractivity contribution in [3.05, 3.63) is 64.9 Å². The van der Waals surface area contributed by atoms with Gasteiger partial charge in [-0.3, -0.25) is 4.98 Å². The van der Waals surface area contributed by atoms with E-state index in [-0.39, 0.29) is 5.75 Å². The average Bonchev–Trinajstić information content (AvgIpc) is 3.43. The fourth-order valence-electron chi connectivity index (χ4n) is 4.06. The third kappa shape index (κ3) is 3.15. The van der Waals surface area contributed by atoms with Crippen molar-refractivity contribution in [3.8, 4) is 23.0 Å². The van der Waals surface area contributed by atoms with Gasteiger partial charge in [0.15, 0.2) is 17.1 Å². The van der Waals surface area contributed by atoms with Crippen molar-refractivity contribution in [2.24, 2.45) is 0 Å². The maximum absolute atomic E-state index is 10.5. The predicted molar refractivity (Wildman–Crippen MR) is 109 cm³/mol. The molecule has 0 amide bonds. The van der Waals surface area contributed by atoms with Gasteiger partial charge in [0.05, 0.1) is 39.9 Å². The number of ether oxygens (including phenoxy) is 4. The molecule has 3 heterocycles.